The van der Waals surface area contributed by atoms with Crippen LogP contribution in [0.15, 0.2) is 18.2 Å². The highest BCUT2D eigenvalue weighted by Gasteiger charge is 2.26. The number of halogens is 2. The topological polar surface area (TPSA) is 38.0 Å². The maximum Gasteiger partial charge on any atom is 0.0453 e. The number of hydrogen-bond acceptors (Lipinski definition) is 2. The molecule has 0 aromatic heterocycles. The van der Waals surface area contributed by atoms with Crippen LogP contribution in [0, 0.1) is 0 Å². The van der Waals surface area contributed by atoms with Crippen LogP contribution < -0.4 is 11.1 Å². The van der Waals surface area contributed by atoms with Crippen molar-refractivity contribution < 1.29 is 0 Å². The van der Waals surface area contributed by atoms with Gasteiger partial charge in [-0.25, -0.2) is 0 Å². The molecule has 3 N–H and O–H groups in total. The fraction of sp³-hybridized carbons (Fsp3) is 0.538. The maximum absolute atomic E-state index is 6.15. The summed E-state index contributed by atoms with van der Waals surface area (Å²) in [5, 5.41) is 5.00. The number of benzene rings is 1. The van der Waals surface area contributed by atoms with Crippen molar-refractivity contribution in [3.63, 3.8) is 0 Å². The lowest BCUT2D eigenvalue weighted by molar-refractivity contribution is 0.270. The molecule has 0 spiro atoms. The van der Waals surface area contributed by atoms with Gasteiger partial charge in [0, 0.05) is 28.2 Å². The van der Waals surface area contributed by atoms with E-state index < -0.39 is 0 Å². The molecule has 0 amide bonds. The molecule has 1 aromatic rings. The minimum absolute atomic E-state index is 0.388. The van der Waals surface area contributed by atoms with E-state index in [9.17, 15) is 0 Å². The van der Waals surface area contributed by atoms with E-state index >= 15 is 0 Å². The Morgan fingerprint density at radius 3 is 2.71 bits per heavy atom. The monoisotopic (exact) mass is 272 g/mol. The molecule has 94 valence electrons. The number of nitrogens with one attached hydrogen (secondary N) is 1. The van der Waals surface area contributed by atoms with Crippen molar-refractivity contribution in [1.29, 1.82) is 0 Å². The molecule has 0 heterocycles. The third-order valence-electron chi connectivity index (χ3n) is 3.24. The van der Waals surface area contributed by atoms with Crippen LogP contribution in [0.2, 0.25) is 10.0 Å². The molecular weight excluding hydrogens is 255 g/mol. The summed E-state index contributed by atoms with van der Waals surface area (Å²) in [6, 6.07) is 7.05. The number of rotatable bonds is 4. The summed E-state index contributed by atoms with van der Waals surface area (Å²) in [7, 11) is 0. The number of hydrogen-bond donors (Lipinski definition) is 2. The second-order valence-corrected chi connectivity index (χ2v) is 5.78. The lowest BCUT2D eigenvalue weighted by Gasteiger charge is -2.35. The Labute approximate surface area is 112 Å². The van der Waals surface area contributed by atoms with Gasteiger partial charge in [-0.1, -0.05) is 29.3 Å². The SMILES string of the molecule is CC(Cc1ccc(Cl)cc1Cl)NC1CC(N)C1. The third-order valence-corrected chi connectivity index (χ3v) is 3.82. The van der Waals surface area contributed by atoms with E-state index in [1.807, 2.05) is 12.1 Å². The second kappa shape index (κ2) is 5.57. The van der Waals surface area contributed by atoms with Crippen LogP contribution in [-0.2, 0) is 6.42 Å². The maximum atomic E-state index is 6.15. The first kappa shape index (κ1) is 13.2. The van der Waals surface area contributed by atoms with Gasteiger partial charge in [-0.3, -0.25) is 0 Å². The predicted octanol–water partition coefficient (Wildman–Crippen LogP) is 3.00. The van der Waals surface area contributed by atoms with Crippen LogP contribution in [0.4, 0.5) is 0 Å². The number of nitrogens with two attached hydrogens (primary N) is 1. The Morgan fingerprint density at radius 2 is 2.12 bits per heavy atom. The summed E-state index contributed by atoms with van der Waals surface area (Å²) in [5.74, 6) is 0. The smallest absolute Gasteiger partial charge is 0.0453 e. The van der Waals surface area contributed by atoms with Crippen molar-refractivity contribution in [3.05, 3.63) is 33.8 Å². The average molecular weight is 273 g/mol. The summed E-state index contributed by atoms with van der Waals surface area (Å²) in [5.41, 5.74) is 6.90. The molecule has 1 aliphatic rings. The van der Waals surface area contributed by atoms with E-state index in [4.69, 9.17) is 28.9 Å². The van der Waals surface area contributed by atoms with Gasteiger partial charge in [0.2, 0.25) is 0 Å². The standard InChI is InChI=1S/C13H18Cl2N2/c1-8(17-12-6-11(16)7-12)4-9-2-3-10(14)5-13(9)15/h2-3,5,8,11-12,17H,4,6-7,16H2,1H3. The summed E-state index contributed by atoms with van der Waals surface area (Å²) in [4.78, 5) is 0. The molecule has 17 heavy (non-hydrogen) atoms. The first-order valence-electron chi connectivity index (χ1n) is 6.00. The van der Waals surface area contributed by atoms with Crippen LogP contribution >= 0.6 is 23.2 Å². The van der Waals surface area contributed by atoms with Crippen molar-refractivity contribution >= 4 is 23.2 Å². The normalized spacial score (nSPS) is 25.4. The lowest BCUT2D eigenvalue weighted by atomic mass is 9.87. The van der Waals surface area contributed by atoms with Gasteiger partial charge in [0.1, 0.15) is 0 Å². The van der Waals surface area contributed by atoms with Gasteiger partial charge in [-0.2, -0.15) is 0 Å². The van der Waals surface area contributed by atoms with Crippen LogP contribution in [0.5, 0.6) is 0 Å². The van der Waals surface area contributed by atoms with Crippen molar-refractivity contribution in [2.45, 2.75) is 44.3 Å². The molecule has 1 saturated carbocycles. The van der Waals surface area contributed by atoms with E-state index in [0.29, 0.717) is 23.1 Å². The zero-order valence-electron chi connectivity index (χ0n) is 9.92. The van der Waals surface area contributed by atoms with Crippen molar-refractivity contribution in [2.75, 3.05) is 0 Å². The molecular formula is C13H18Cl2N2. The van der Waals surface area contributed by atoms with Gasteiger partial charge >= 0.3 is 0 Å². The van der Waals surface area contributed by atoms with Crippen LogP contribution in [0.1, 0.15) is 25.3 Å². The molecule has 1 fully saturated rings. The molecule has 0 bridgehead atoms. The zero-order valence-corrected chi connectivity index (χ0v) is 11.4. The molecule has 1 unspecified atom stereocenters. The first-order chi connectivity index (χ1) is 8.04. The van der Waals surface area contributed by atoms with Crippen LogP contribution in [0.25, 0.3) is 0 Å². The van der Waals surface area contributed by atoms with Crippen molar-refractivity contribution in [2.24, 2.45) is 5.73 Å². The van der Waals surface area contributed by atoms with Gasteiger partial charge in [-0.05, 0) is 43.9 Å². The molecule has 2 nitrogen and oxygen atoms in total. The first-order valence-corrected chi connectivity index (χ1v) is 6.75. The molecule has 0 radical (unpaired) electrons. The van der Waals surface area contributed by atoms with Crippen molar-refractivity contribution in [3.8, 4) is 0 Å². The van der Waals surface area contributed by atoms with E-state index in [-0.39, 0.29) is 0 Å². The zero-order chi connectivity index (χ0) is 12.4. The molecule has 4 heteroatoms. The Bertz CT molecular complexity index is 389. The minimum atomic E-state index is 0.388. The van der Waals surface area contributed by atoms with Gasteiger partial charge < -0.3 is 11.1 Å². The van der Waals surface area contributed by atoms with Crippen molar-refractivity contribution in [1.82, 2.24) is 5.32 Å². The highest BCUT2D eigenvalue weighted by molar-refractivity contribution is 6.35. The van der Waals surface area contributed by atoms with E-state index in [2.05, 4.69) is 12.2 Å². The molecule has 0 aliphatic heterocycles. The molecule has 1 aliphatic carbocycles. The summed E-state index contributed by atoms with van der Waals surface area (Å²) >= 11 is 12.0. The summed E-state index contributed by atoms with van der Waals surface area (Å²) < 4.78 is 0. The quantitative estimate of drug-likeness (QED) is 0.885. The van der Waals surface area contributed by atoms with E-state index in [1.54, 1.807) is 6.07 Å². The highest BCUT2D eigenvalue weighted by Crippen LogP contribution is 2.23. The van der Waals surface area contributed by atoms with Crippen LogP contribution in [-0.4, -0.2) is 18.1 Å². The molecule has 0 saturated heterocycles. The fourth-order valence-corrected chi connectivity index (χ4v) is 2.76. The van der Waals surface area contributed by atoms with Gasteiger partial charge in [0.05, 0.1) is 0 Å². The molecule has 1 atom stereocenters. The summed E-state index contributed by atoms with van der Waals surface area (Å²) in [6.45, 7) is 2.18. The Balaban J connectivity index is 1.87. The Kier molecular flexibility index (Phi) is 4.31. The van der Waals surface area contributed by atoms with Gasteiger partial charge in [0.15, 0.2) is 0 Å². The molecule has 1 aromatic carbocycles. The van der Waals surface area contributed by atoms with Gasteiger partial charge in [0.25, 0.3) is 0 Å². The minimum Gasteiger partial charge on any atom is -0.328 e. The van der Waals surface area contributed by atoms with Gasteiger partial charge in [-0.15, -0.1) is 0 Å². The fourth-order valence-electron chi connectivity index (χ4n) is 2.28. The highest BCUT2D eigenvalue weighted by atomic mass is 35.5. The predicted molar refractivity (Wildman–Crippen MR) is 73.8 cm³/mol. The molecule has 2 rings (SSSR count). The van der Waals surface area contributed by atoms with E-state index in [1.165, 1.54) is 0 Å². The Hall–Kier alpha value is -0.280. The lowest BCUT2D eigenvalue weighted by Crippen LogP contribution is -2.51. The summed E-state index contributed by atoms with van der Waals surface area (Å²) in [6.07, 6.45) is 3.08. The second-order valence-electron chi connectivity index (χ2n) is 4.94. The van der Waals surface area contributed by atoms with Crippen LogP contribution in [0.3, 0.4) is 0 Å². The largest absolute Gasteiger partial charge is 0.328 e. The average Bonchev–Trinajstić information content (AvgIpc) is 2.20. The third kappa shape index (κ3) is 3.59. The Morgan fingerprint density at radius 1 is 1.41 bits per heavy atom. The van der Waals surface area contributed by atoms with E-state index in [0.717, 1.165) is 29.8 Å².